The Kier molecular flexibility index (Phi) is 4.61. The van der Waals surface area contributed by atoms with E-state index >= 15 is 0 Å². The number of carbonyl (C=O) groups is 1. The molecule has 0 fully saturated rings. The molecular weight excluding hydrogens is 319 g/mol. The minimum absolute atomic E-state index is 0.186. The summed E-state index contributed by atoms with van der Waals surface area (Å²) < 4.78 is 14.8. The number of halogens is 1. The first kappa shape index (κ1) is 16.8. The maximum Gasteiger partial charge on any atom is 0.253 e. The molecule has 2 aromatic heterocycles. The van der Waals surface area contributed by atoms with Crippen LogP contribution in [0.15, 0.2) is 42.5 Å². The second-order valence-corrected chi connectivity index (χ2v) is 5.92. The molecule has 0 saturated heterocycles. The Balaban J connectivity index is 1.75. The summed E-state index contributed by atoms with van der Waals surface area (Å²) >= 11 is 0. The minimum Gasteiger partial charge on any atom is -0.346 e. The molecule has 1 amide bonds. The molecule has 25 heavy (non-hydrogen) atoms. The fourth-order valence-corrected chi connectivity index (χ4v) is 2.68. The number of benzene rings is 1. The summed E-state index contributed by atoms with van der Waals surface area (Å²) in [6.45, 7) is 4.10. The van der Waals surface area contributed by atoms with Gasteiger partial charge in [0.25, 0.3) is 5.91 Å². The fraction of sp³-hybridized carbons (Fsp3) is 0.211. The van der Waals surface area contributed by atoms with Crippen molar-refractivity contribution in [3.05, 3.63) is 70.9 Å². The summed E-state index contributed by atoms with van der Waals surface area (Å²) in [7, 11) is 1.85. The van der Waals surface area contributed by atoms with E-state index in [-0.39, 0.29) is 11.7 Å². The number of carbonyl (C=O) groups excluding carboxylic acids is 1. The molecule has 0 saturated carbocycles. The van der Waals surface area contributed by atoms with Crippen LogP contribution in [-0.2, 0) is 13.6 Å². The van der Waals surface area contributed by atoms with E-state index in [0.717, 1.165) is 17.0 Å². The lowest BCUT2D eigenvalue weighted by molar-refractivity contribution is 0.0949. The summed E-state index contributed by atoms with van der Waals surface area (Å²) in [6, 6.07) is 11.6. The number of amides is 1. The first-order valence-corrected chi connectivity index (χ1v) is 7.95. The highest BCUT2D eigenvalue weighted by molar-refractivity contribution is 5.95. The topological polar surface area (TPSA) is 59.8 Å². The predicted molar refractivity (Wildman–Crippen MR) is 93.5 cm³/mol. The lowest BCUT2D eigenvalue weighted by Gasteiger charge is -2.09. The van der Waals surface area contributed by atoms with Crippen LogP contribution in [0.3, 0.4) is 0 Å². The standard InChI is InChI=1S/C19H19FN4O/c1-12-10-16(24(3)23-12)11-21-19(25)17-8-9-18(22-13(17)2)14-4-6-15(20)7-5-14/h4-10H,11H2,1-3H3,(H,21,25). The zero-order valence-corrected chi connectivity index (χ0v) is 14.4. The molecule has 0 aliphatic heterocycles. The lowest BCUT2D eigenvalue weighted by Crippen LogP contribution is -2.25. The van der Waals surface area contributed by atoms with Crippen molar-refractivity contribution in [3.63, 3.8) is 0 Å². The molecule has 3 rings (SSSR count). The van der Waals surface area contributed by atoms with Crippen molar-refractivity contribution in [2.45, 2.75) is 20.4 Å². The molecule has 0 unspecified atom stereocenters. The number of aromatic nitrogens is 3. The van der Waals surface area contributed by atoms with Crippen molar-refractivity contribution in [1.82, 2.24) is 20.1 Å². The van der Waals surface area contributed by atoms with Crippen molar-refractivity contribution in [2.75, 3.05) is 0 Å². The van der Waals surface area contributed by atoms with Crippen molar-refractivity contribution in [2.24, 2.45) is 7.05 Å². The molecule has 1 N–H and O–H groups in total. The first-order valence-electron chi connectivity index (χ1n) is 7.95. The zero-order valence-electron chi connectivity index (χ0n) is 14.4. The molecule has 0 aliphatic carbocycles. The zero-order chi connectivity index (χ0) is 18.0. The van der Waals surface area contributed by atoms with E-state index in [4.69, 9.17) is 0 Å². The van der Waals surface area contributed by atoms with Crippen LogP contribution in [0.5, 0.6) is 0 Å². The highest BCUT2D eigenvalue weighted by Gasteiger charge is 2.12. The van der Waals surface area contributed by atoms with E-state index in [1.54, 1.807) is 35.9 Å². The van der Waals surface area contributed by atoms with Crippen molar-refractivity contribution in [3.8, 4) is 11.3 Å². The highest BCUT2D eigenvalue weighted by atomic mass is 19.1. The van der Waals surface area contributed by atoms with Gasteiger partial charge in [-0.1, -0.05) is 0 Å². The number of aryl methyl sites for hydroxylation is 3. The second-order valence-electron chi connectivity index (χ2n) is 5.92. The second kappa shape index (κ2) is 6.84. The van der Waals surface area contributed by atoms with Crippen LogP contribution in [0.25, 0.3) is 11.3 Å². The molecule has 0 aliphatic rings. The van der Waals surface area contributed by atoms with E-state index in [1.807, 2.05) is 20.0 Å². The van der Waals surface area contributed by atoms with Gasteiger partial charge >= 0.3 is 0 Å². The summed E-state index contributed by atoms with van der Waals surface area (Å²) in [6.07, 6.45) is 0. The van der Waals surface area contributed by atoms with Crippen LogP contribution < -0.4 is 5.32 Å². The fourth-order valence-electron chi connectivity index (χ4n) is 2.68. The summed E-state index contributed by atoms with van der Waals surface area (Å²) in [5.41, 5.74) is 4.50. The molecule has 6 heteroatoms. The first-order chi connectivity index (χ1) is 11.9. The molecule has 0 spiro atoms. The predicted octanol–water partition coefficient (Wildman–Crippen LogP) is 3.17. The van der Waals surface area contributed by atoms with Crippen LogP contribution in [0, 0.1) is 19.7 Å². The normalized spacial score (nSPS) is 10.7. The van der Waals surface area contributed by atoms with E-state index in [0.29, 0.717) is 23.5 Å². The molecule has 2 heterocycles. The molecule has 5 nitrogen and oxygen atoms in total. The number of rotatable bonds is 4. The van der Waals surface area contributed by atoms with Gasteiger partial charge in [0.1, 0.15) is 5.82 Å². The number of nitrogens with zero attached hydrogens (tertiary/aromatic N) is 3. The summed E-state index contributed by atoms with van der Waals surface area (Å²) in [5.74, 6) is -0.476. The lowest BCUT2D eigenvalue weighted by atomic mass is 10.1. The van der Waals surface area contributed by atoms with Crippen LogP contribution in [0.4, 0.5) is 4.39 Å². The average molecular weight is 338 g/mol. The van der Waals surface area contributed by atoms with Gasteiger partial charge in [0.2, 0.25) is 0 Å². The Morgan fingerprint density at radius 3 is 2.48 bits per heavy atom. The quantitative estimate of drug-likeness (QED) is 0.795. The molecule has 1 aromatic carbocycles. The molecule has 0 radical (unpaired) electrons. The summed E-state index contributed by atoms with van der Waals surface area (Å²) in [4.78, 5) is 16.9. The Hall–Kier alpha value is -3.02. The van der Waals surface area contributed by atoms with Gasteiger partial charge in [-0.25, -0.2) is 4.39 Å². The van der Waals surface area contributed by atoms with Gasteiger partial charge in [-0.3, -0.25) is 14.5 Å². The molecule has 0 bridgehead atoms. The van der Waals surface area contributed by atoms with E-state index in [9.17, 15) is 9.18 Å². The summed E-state index contributed by atoms with van der Waals surface area (Å²) in [5, 5.41) is 7.14. The third-order valence-electron chi connectivity index (χ3n) is 4.00. The van der Waals surface area contributed by atoms with Crippen molar-refractivity contribution < 1.29 is 9.18 Å². The van der Waals surface area contributed by atoms with Gasteiger partial charge in [0.15, 0.2) is 0 Å². The van der Waals surface area contributed by atoms with Crippen molar-refractivity contribution in [1.29, 1.82) is 0 Å². The smallest absolute Gasteiger partial charge is 0.253 e. The average Bonchev–Trinajstić information content (AvgIpc) is 2.90. The number of hydrogen-bond donors (Lipinski definition) is 1. The van der Waals surface area contributed by atoms with E-state index in [1.165, 1.54) is 12.1 Å². The SMILES string of the molecule is Cc1cc(CNC(=O)c2ccc(-c3ccc(F)cc3)nc2C)n(C)n1. The maximum absolute atomic E-state index is 13.0. The van der Waals surface area contributed by atoms with Gasteiger partial charge in [-0.2, -0.15) is 5.10 Å². The van der Waals surface area contributed by atoms with Gasteiger partial charge in [0, 0.05) is 12.6 Å². The highest BCUT2D eigenvalue weighted by Crippen LogP contribution is 2.19. The van der Waals surface area contributed by atoms with E-state index < -0.39 is 0 Å². The van der Waals surface area contributed by atoms with Crippen LogP contribution >= 0.6 is 0 Å². The number of hydrogen-bond acceptors (Lipinski definition) is 3. The Morgan fingerprint density at radius 2 is 1.88 bits per heavy atom. The van der Waals surface area contributed by atoms with Gasteiger partial charge in [-0.15, -0.1) is 0 Å². The van der Waals surface area contributed by atoms with Crippen molar-refractivity contribution >= 4 is 5.91 Å². The van der Waals surface area contributed by atoms with Crippen LogP contribution in [-0.4, -0.2) is 20.7 Å². The molecule has 3 aromatic rings. The Labute approximate surface area is 145 Å². The Morgan fingerprint density at radius 1 is 1.16 bits per heavy atom. The van der Waals surface area contributed by atoms with Crippen LogP contribution in [0.1, 0.15) is 27.4 Å². The number of nitrogens with one attached hydrogen (secondary N) is 1. The largest absolute Gasteiger partial charge is 0.346 e. The number of pyridine rings is 1. The third kappa shape index (κ3) is 3.74. The van der Waals surface area contributed by atoms with Gasteiger partial charge in [-0.05, 0) is 56.3 Å². The minimum atomic E-state index is -0.290. The maximum atomic E-state index is 13.0. The van der Waals surface area contributed by atoms with Gasteiger partial charge < -0.3 is 5.32 Å². The molecule has 0 atom stereocenters. The Bertz CT molecular complexity index is 916. The van der Waals surface area contributed by atoms with E-state index in [2.05, 4.69) is 15.4 Å². The third-order valence-corrected chi connectivity index (χ3v) is 4.00. The van der Waals surface area contributed by atoms with Crippen LogP contribution in [0.2, 0.25) is 0 Å². The molecular formula is C19H19FN4O. The van der Waals surface area contributed by atoms with Gasteiger partial charge in [0.05, 0.1) is 34.9 Å². The molecule has 128 valence electrons. The monoisotopic (exact) mass is 338 g/mol.